The molecule has 0 saturated heterocycles. The van der Waals surface area contributed by atoms with Crippen molar-refractivity contribution in [3.8, 4) is 22.8 Å². The van der Waals surface area contributed by atoms with E-state index in [9.17, 15) is 13.5 Å². The van der Waals surface area contributed by atoms with Gasteiger partial charge in [-0.2, -0.15) is 0 Å². The van der Waals surface area contributed by atoms with E-state index >= 15 is 0 Å². The van der Waals surface area contributed by atoms with Crippen molar-refractivity contribution in [3.05, 3.63) is 54.6 Å². The van der Waals surface area contributed by atoms with Crippen molar-refractivity contribution in [2.75, 3.05) is 18.4 Å². The Hall–Kier alpha value is -3.24. The number of para-hydroxylation sites is 1. The van der Waals surface area contributed by atoms with E-state index < -0.39 is 15.6 Å². The molecule has 31 heavy (non-hydrogen) atoms. The highest BCUT2D eigenvalue weighted by Gasteiger charge is 2.24. The van der Waals surface area contributed by atoms with Crippen LogP contribution in [0.25, 0.3) is 11.1 Å². The van der Waals surface area contributed by atoms with Gasteiger partial charge < -0.3 is 14.6 Å². The smallest absolute Gasteiger partial charge is 0.265 e. The van der Waals surface area contributed by atoms with Gasteiger partial charge in [-0.1, -0.05) is 18.2 Å². The van der Waals surface area contributed by atoms with Gasteiger partial charge in [0.15, 0.2) is 0 Å². The normalized spacial score (nSPS) is 11.8. The average Bonchev–Trinajstić information content (AvgIpc) is 2.73. The molecule has 0 spiro atoms. The van der Waals surface area contributed by atoms with Gasteiger partial charge in [0.25, 0.3) is 15.9 Å². The topological polar surface area (TPSA) is 124 Å². The zero-order chi connectivity index (χ0) is 22.6. The van der Waals surface area contributed by atoms with Crippen molar-refractivity contribution >= 4 is 15.8 Å². The maximum Gasteiger partial charge on any atom is 0.265 e. The highest BCUT2D eigenvalue weighted by molar-refractivity contribution is 7.92. The Labute approximate surface area is 181 Å². The molecule has 10 heteroatoms. The lowest BCUT2D eigenvalue weighted by Gasteiger charge is -2.20. The summed E-state index contributed by atoms with van der Waals surface area (Å²) < 4.78 is 39.8. The lowest BCUT2D eigenvalue weighted by molar-refractivity contribution is 0.0287. The van der Waals surface area contributed by atoms with Gasteiger partial charge in [0.2, 0.25) is 5.82 Å². The Bertz CT molecular complexity index is 1180. The number of ether oxygens (including phenoxy) is 2. The van der Waals surface area contributed by atoms with Crippen molar-refractivity contribution in [2.24, 2.45) is 0 Å². The predicted octanol–water partition coefficient (Wildman–Crippen LogP) is 2.81. The van der Waals surface area contributed by atoms with Crippen LogP contribution in [0.15, 0.2) is 53.8 Å². The molecule has 0 saturated carbocycles. The number of nitrogens with one attached hydrogen (secondary N) is 1. The van der Waals surface area contributed by atoms with Crippen LogP contribution in [0.3, 0.4) is 0 Å². The van der Waals surface area contributed by atoms with Crippen LogP contribution in [0.4, 0.5) is 5.82 Å². The van der Waals surface area contributed by atoms with Crippen LogP contribution in [-0.4, -0.2) is 47.8 Å². The molecule has 0 atom stereocenters. The summed E-state index contributed by atoms with van der Waals surface area (Å²) in [5.41, 5.74) is 0.451. The number of methoxy groups -OCH3 is 1. The van der Waals surface area contributed by atoms with Gasteiger partial charge in [0, 0.05) is 23.5 Å². The van der Waals surface area contributed by atoms with Gasteiger partial charge in [-0.25, -0.2) is 18.4 Å². The summed E-state index contributed by atoms with van der Waals surface area (Å²) in [5, 5.41) is 9.99. The van der Waals surface area contributed by atoms with E-state index in [0.29, 0.717) is 22.6 Å². The van der Waals surface area contributed by atoms with E-state index in [-0.39, 0.29) is 23.2 Å². The van der Waals surface area contributed by atoms with Gasteiger partial charge >= 0.3 is 0 Å². The number of benzene rings is 1. The maximum atomic E-state index is 13.2. The zero-order valence-electron chi connectivity index (χ0n) is 17.7. The lowest BCUT2D eigenvalue weighted by atomic mass is 10.1. The van der Waals surface area contributed by atoms with E-state index in [1.54, 1.807) is 51.1 Å². The summed E-state index contributed by atoms with van der Waals surface area (Å²) in [4.78, 5) is 12.1. The minimum Gasteiger partial charge on any atom is -0.490 e. The fraction of sp³-hybridized carbons (Fsp3) is 0.286. The summed E-state index contributed by atoms with van der Waals surface area (Å²) in [6.07, 6.45) is 4.18. The molecule has 2 N–H and O–H groups in total. The third kappa shape index (κ3) is 5.47. The van der Waals surface area contributed by atoms with Crippen LogP contribution >= 0.6 is 0 Å². The number of pyridine rings is 1. The van der Waals surface area contributed by atoms with E-state index in [1.165, 1.54) is 25.7 Å². The second-order valence-electron chi connectivity index (χ2n) is 7.44. The highest BCUT2D eigenvalue weighted by Crippen LogP contribution is 2.35. The molecular formula is C21H24N4O5S. The van der Waals surface area contributed by atoms with Crippen LogP contribution in [0.1, 0.15) is 19.5 Å². The Kier molecular flexibility index (Phi) is 6.42. The molecule has 9 nitrogen and oxygen atoms in total. The Morgan fingerprint density at radius 3 is 2.58 bits per heavy atom. The molecule has 0 aliphatic rings. The van der Waals surface area contributed by atoms with E-state index in [1.807, 2.05) is 0 Å². The highest BCUT2D eigenvalue weighted by atomic mass is 32.2. The molecule has 0 aliphatic carbocycles. The molecule has 3 rings (SSSR count). The molecule has 164 valence electrons. The molecule has 0 amide bonds. The van der Waals surface area contributed by atoms with Gasteiger partial charge in [0.05, 0.1) is 24.6 Å². The summed E-state index contributed by atoms with van der Waals surface area (Å²) in [6.45, 7) is 5.00. The third-order valence-electron chi connectivity index (χ3n) is 4.12. The monoisotopic (exact) mass is 444 g/mol. The SMILES string of the molecule is COc1nc(C)cnc1NS(=O)(=O)c1cnccc1-c1ccccc1OCC(C)(C)O. The minimum atomic E-state index is -4.10. The largest absolute Gasteiger partial charge is 0.490 e. The number of anilines is 1. The number of aryl methyl sites for hydroxylation is 1. The Morgan fingerprint density at radius 1 is 1.13 bits per heavy atom. The molecular weight excluding hydrogens is 420 g/mol. The minimum absolute atomic E-state index is 0.0329. The number of aliphatic hydroxyl groups is 1. The number of sulfonamides is 1. The standard InChI is InChI=1S/C21H24N4O5S/c1-14-11-23-19(20(24-14)29-4)25-31(27,28)18-12-22-10-9-16(18)15-7-5-6-8-17(15)30-13-21(2,3)26/h5-12,26H,13H2,1-4H3,(H,23,25). The van der Waals surface area contributed by atoms with Gasteiger partial charge in [0.1, 0.15) is 17.3 Å². The number of nitrogens with zero attached hydrogens (tertiary/aromatic N) is 3. The number of hydrogen-bond acceptors (Lipinski definition) is 8. The van der Waals surface area contributed by atoms with Crippen LogP contribution in [0, 0.1) is 6.92 Å². The number of hydrogen-bond donors (Lipinski definition) is 2. The quantitative estimate of drug-likeness (QED) is 0.544. The first kappa shape index (κ1) is 22.4. The van der Waals surface area contributed by atoms with Gasteiger partial charge in [-0.05, 0) is 32.9 Å². The molecule has 2 aromatic heterocycles. The number of rotatable bonds is 8. The maximum absolute atomic E-state index is 13.2. The summed E-state index contributed by atoms with van der Waals surface area (Å²) in [6, 6.07) is 8.56. The molecule has 0 aliphatic heterocycles. The van der Waals surface area contributed by atoms with Crippen LogP contribution in [-0.2, 0) is 10.0 Å². The van der Waals surface area contributed by atoms with E-state index in [0.717, 1.165) is 0 Å². The first-order chi connectivity index (χ1) is 14.6. The Balaban J connectivity index is 2.03. The summed E-state index contributed by atoms with van der Waals surface area (Å²) >= 11 is 0. The summed E-state index contributed by atoms with van der Waals surface area (Å²) in [7, 11) is -2.72. The van der Waals surface area contributed by atoms with E-state index in [4.69, 9.17) is 9.47 Å². The first-order valence-electron chi connectivity index (χ1n) is 9.40. The van der Waals surface area contributed by atoms with Crippen LogP contribution in [0.2, 0.25) is 0 Å². The molecule has 1 aromatic carbocycles. The molecule has 0 unspecified atom stereocenters. The molecule has 0 radical (unpaired) electrons. The molecule has 0 fully saturated rings. The van der Waals surface area contributed by atoms with Crippen LogP contribution < -0.4 is 14.2 Å². The fourth-order valence-electron chi connectivity index (χ4n) is 2.74. The van der Waals surface area contributed by atoms with Crippen molar-refractivity contribution in [1.29, 1.82) is 0 Å². The van der Waals surface area contributed by atoms with Gasteiger partial charge in [-0.15, -0.1) is 0 Å². The summed E-state index contributed by atoms with van der Waals surface area (Å²) in [5.74, 6) is 0.456. The van der Waals surface area contributed by atoms with Crippen molar-refractivity contribution in [2.45, 2.75) is 31.3 Å². The van der Waals surface area contributed by atoms with Crippen molar-refractivity contribution in [3.63, 3.8) is 0 Å². The lowest BCUT2D eigenvalue weighted by Crippen LogP contribution is -2.28. The second kappa shape index (κ2) is 8.86. The predicted molar refractivity (Wildman–Crippen MR) is 116 cm³/mol. The first-order valence-corrected chi connectivity index (χ1v) is 10.9. The third-order valence-corrected chi connectivity index (χ3v) is 5.48. The number of aromatic nitrogens is 3. The van der Waals surface area contributed by atoms with Crippen molar-refractivity contribution < 1.29 is 23.0 Å². The van der Waals surface area contributed by atoms with E-state index in [2.05, 4.69) is 19.7 Å². The molecule has 3 aromatic rings. The van der Waals surface area contributed by atoms with Gasteiger partial charge in [-0.3, -0.25) is 9.71 Å². The second-order valence-corrected chi connectivity index (χ2v) is 9.09. The van der Waals surface area contributed by atoms with Crippen molar-refractivity contribution in [1.82, 2.24) is 15.0 Å². The van der Waals surface area contributed by atoms with Crippen LogP contribution in [0.5, 0.6) is 11.6 Å². The Morgan fingerprint density at radius 2 is 1.87 bits per heavy atom. The molecule has 2 heterocycles. The average molecular weight is 445 g/mol. The fourth-order valence-corrected chi connectivity index (χ4v) is 3.91. The molecule has 0 bridgehead atoms. The zero-order valence-corrected chi connectivity index (χ0v) is 18.5.